The molecular weight excluding hydrogens is 172 g/mol. The van der Waals surface area contributed by atoms with Gasteiger partial charge in [-0.15, -0.1) is 0 Å². The van der Waals surface area contributed by atoms with Crippen molar-refractivity contribution in [3.63, 3.8) is 0 Å². The molecule has 0 bridgehead atoms. The van der Waals surface area contributed by atoms with Crippen molar-refractivity contribution in [3.8, 4) is 0 Å². The van der Waals surface area contributed by atoms with E-state index in [1.807, 2.05) is 0 Å². The number of aliphatic carboxylic acids is 2. The van der Waals surface area contributed by atoms with Crippen LogP contribution in [-0.2, 0) is 9.59 Å². The Morgan fingerprint density at radius 1 is 1.00 bits per heavy atom. The Morgan fingerprint density at radius 2 is 1.46 bits per heavy atom. The maximum Gasteiger partial charge on any atom is 0.335 e. The minimum Gasteiger partial charge on any atom is -0.478 e. The second kappa shape index (κ2) is 4.45. The molecule has 0 aromatic carbocycles. The van der Waals surface area contributed by atoms with Crippen LogP contribution in [0.1, 0.15) is 20.8 Å². The molecule has 0 rings (SSSR count). The molecule has 0 radical (unpaired) electrons. The summed E-state index contributed by atoms with van der Waals surface area (Å²) in [6, 6.07) is 0. The summed E-state index contributed by atoms with van der Waals surface area (Å²) in [5.41, 5.74) is 0.359. The SMILES string of the molecule is CC=C(C(=O)O)C(C)=C(C)C(=O)O. The molecule has 0 unspecified atom stereocenters. The Kier molecular flexibility index (Phi) is 3.91. The third-order valence-corrected chi connectivity index (χ3v) is 1.81. The van der Waals surface area contributed by atoms with E-state index in [0.717, 1.165) is 0 Å². The summed E-state index contributed by atoms with van der Waals surface area (Å²) in [5.74, 6) is -2.21. The van der Waals surface area contributed by atoms with Gasteiger partial charge in [-0.2, -0.15) is 0 Å². The Morgan fingerprint density at radius 3 is 1.69 bits per heavy atom. The minimum atomic E-state index is -1.11. The maximum atomic E-state index is 10.6. The van der Waals surface area contributed by atoms with E-state index in [0.29, 0.717) is 0 Å². The van der Waals surface area contributed by atoms with Crippen LogP contribution in [-0.4, -0.2) is 22.2 Å². The summed E-state index contributed by atoms with van der Waals surface area (Å²) in [6.07, 6.45) is 1.38. The number of carbonyl (C=O) groups is 2. The fourth-order valence-electron chi connectivity index (χ4n) is 0.863. The zero-order valence-corrected chi connectivity index (χ0v) is 7.79. The molecule has 0 fully saturated rings. The number of allylic oxidation sites excluding steroid dienone is 1. The van der Waals surface area contributed by atoms with Crippen LogP contribution < -0.4 is 0 Å². The topological polar surface area (TPSA) is 74.6 Å². The highest BCUT2D eigenvalue weighted by Gasteiger charge is 2.13. The lowest BCUT2D eigenvalue weighted by Crippen LogP contribution is -2.07. The second-order valence-electron chi connectivity index (χ2n) is 2.56. The van der Waals surface area contributed by atoms with Gasteiger partial charge in [-0.3, -0.25) is 0 Å². The average molecular weight is 184 g/mol. The summed E-state index contributed by atoms with van der Waals surface area (Å²) in [6.45, 7) is 4.42. The molecule has 0 aliphatic carbocycles. The molecule has 0 saturated carbocycles. The molecule has 4 nitrogen and oxygen atoms in total. The first-order chi connectivity index (χ1) is 5.91. The predicted octanol–water partition coefficient (Wildman–Crippen LogP) is 1.44. The lowest BCUT2D eigenvalue weighted by atomic mass is 10.0. The second-order valence-corrected chi connectivity index (χ2v) is 2.56. The zero-order chi connectivity index (χ0) is 10.6. The Hall–Kier alpha value is -1.58. The van der Waals surface area contributed by atoms with Crippen LogP contribution in [0.3, 0.4) is 0 Å². The first-order valence-corrected chi connectivity index (χ1v) is 3.72. The first kappa shape index (κ1) is 11.4. The predicted molar refractivity (Wildman–Crippen MR) is 47.4 cm³/mol. The molecule has 0 saturated heterocycles. The van der Waals surface area contributed by atoms with Crippen molar-refractivity contribution in [2.24, 2.45) is 0 Å². The van der Waals surface area contributed by atoms with Gasteiger partial charge in [0, 0.05) is 5.57 Å². The molecule has 0 spiro atoms. The van der Waals surface area contributed by atoms with Gasteiger partial charge in [-0.25, -0.2) is 9.59 Å². The fourth-order valence-corrected chi connectivity index (χ4v) is 0.863. The molecular formula is C9H12O4. The van der Waals surface area contributed by atoms with Gasteiger partial charge < -0.3 is 10.2 Å². The maximum absolute atomic E-state index is 10.6. The smallest absolute Gasteiger partial charge is 0.335 e. The van der Waals surface area contributed by atoms with Crippen LogP contribution in [0.25, 0.3) is 0 Å². The minimum absolute atomic E-state index is 0.0277. The van der Waals surface area contributed by atoms with Crippen molar-refractivity contribution in [1.82, 2.24) is 0 Å². The largest absolute Gasteiger partial charge is 0.478 e. The monoisotopic (exact) mass is 184 g/mol. The van der Waals surface area contributed by atoms with E-state index in [1.165, 1.54) is 19.9 Å². The van der Waals surface area contributed by atoms with Crippen LogP contribution in [0.4, 0.5) is 0 Å². The highest BCUT2D eigenvalue weighted by Crippen LogP contribution is 2.14. The molecule has 13 heavy (non-hydrogen) atoms. The number of carboxylic acid groups (broad SMARTS) is 2. The van der Waals surface area contributed by atoms with Crippen molar-refractivity contribution in [3.05, 3.63) is 22.8 Å². The lowest BCUT2D eigenvalue weighted by molar-refractivity contribution is -0.132. The van der Waals surface area contributed by atoms with Crippen molar-refractivity contribution in [2.45, 2.75) is 20.8 Å². The summed E-state index contributed by atoms with van der Waals surface area (Å²) in [7, 11) is 0. The van der Waals surface area contributed by atoms with Gasteiger partial charge >= 0.3 is 11.9 Å². The Balaban J connectivity index is 5.18. The van der Waals surface area contributed by atoms with E-state index in [1.54, 1.807) is 6.92 Å². The van der Waals surface area contributed by atoms with Crippen LogP contribution in [0, 0.1) is 0 Å². The third-order valence-electron chi connectivity index (χ3n) is 1.81. The van der Waals surface area contributed by atoms with Gasteiger partial charge in [0.15, 0.2) is 0 Å². The van der Waals surface area contributed by atoms with E-state index in [9.17, 15) is 9.59 Å². The van der Waals surface area contributed by atoms with Crippen LogP contribution in [0.5, 0.6) is 0 Å². The highest BCUT2D eigenvalue weighted by atomic mass is 16.4. The normalized spacial score (nSPS) is 13.6. The van der Waals surface area contributed by atoms with Crippen LogP contribution in [0.2, 0.25) is 0 Å². The molecule has 2 N–H and O–H groups in total. The molecule has 0 aromatic heterocycles. The van der Waals surface area contributed by atoms with Gasteiger partial charge in [0.2, 0.25) is 0 Å². The van der Waals surface area contributed by atoms with E-state index >= 15 is 0 Å². The lowest BCUT2D eigenvalue weighted by Gasteiger charge is -2.03. The number of hydrogen-bond donors (Lipinski definition) is 2. The molecule has 0 aliphatic heterocycles. The molecule has 0 atom stereocenters. The van der Waals surface area contributed by atoms with Crippen LogP contribution in [0.15, 0.2) is 22.8 Å². The molecule has 0 aromatic rings. The molecule has 72 valence electrons. The standard InChI is InChI=1S/C9H12O4/c1-4-7(9(12)13)5(2)6(3)8(10)11/h4H,1-3H3,(H,10,11)(H,12,13). The molecule has 0 amide bonds. The summed E-state index contributed by atoms with van der Waals surface area (Å²) >= 11 is 0. The molecule has 0 aliphatic rings. The van der Waals surface area contributed by atoms with E-state index < -0.39 is 11.9 Å². The average Bonchev–Trinajstić information content (AvgIpc) is 2.03. The molecule has 4 heteroatoms. The number of hydrogen-bond acceptors (Lipinski definition) is 2. The zero-order valence-electron chi connectivity index (χ0n) is 7.79. The van der Waals surface area contributed by atoms with Crippen molar-refractivity contribution < 1.29 is 19.8 Å². The van der Waals surface area contributed by atoms with Gasteiger partial charge in [0.05, 0.1) is 5.57 Å². The van der Waals surface area contributed by atoms with E-state index in [4.69, 9.17) is 10.2 Å². The van der Waals surface area contributed by atoms with Crippen LogP contribution >= 0.6 is 0 Å². The summed E-state index contributed by atoms with van der Waals surface area (Å²) < 4.78 is 0. The summed E-state index contributed by atoms with van der Waals surface area (Å²) in [5, 5.41) is 17.3. The van der Waals surface area contributed by atoms with E-state index in [-0.39, 0.29) is 16.7 Å². The highest BCUT2D eigenvalue weighted by molar-refractivity contribution is 5.96. The van der Waals surface area contributed by atoms with Crippen molar-refractivity contribution in [1.29, 1.82) is 0 Å². The van der Waals surface area contributed by atoms with Crippen molar-refractivity contribution >= 4 is 11.9 Å². The Bertz CT molecular complexity index is 297. The quantitative estimate of drug-likeness (QED) is 0.514. The van der Waals surface area contributed by atoms with Gasteiger partial charge in [-0.05, 0) is 26.3 Å². The first-order valence-electron chi connectivity index (χ1n) is 3.72. The third kappa shape index (κ3) is 2.74. The molecule has 0 heterocycles. The van der Waals surface area contributed by atoms with Gasteiger partial charge in [0.25, 0.3) is 0 Å². The summed E-state index contributed by atoms with van der Waals surface area (Å²) in [4.78, 5) is 21.1. The fraction of sp³-hybridized carbons (Fsp3) is 0.333. The van der Waals surface area contributed by atoms with Gasteiger partial charge in [0.1, 0.15) is 0 Å². The Labute approximate surface area is 76.2 Å². The van der Waals surface area contributed by atoms with Crippen molar-refractivity contribution in [2.75, 3.05) is 0 Å². The van der Waals surface area contributed by atoms with E-state index in [2.05, 4.69) is 0 Å². The number of rotatable bonds is 3. The number of carboxylic acids is 2. The van der Waals surface area contributed by atoms with Gasteiger partial charge in [-0.1, -0.05) is 6.08 Å².